The summed E-state index contributed by atoms with van der Waals surface area (Å²) in [6, 6.07) is 11.4. The Morgan fingerprint density at radius 3 is 2.57 bits per heavy atom. The van der Waals surface area contributed by atoms with E-state index in [0.29, 0.717) is 23.8 Å². The summed E-state index contributed by atoms with van der Waals surface area (Å²) in [7, 11) is -1.06. The van der Waals surface area contributed by atoms with Crippen molar-refractivity contribution in [3.63, 3.8) is 0 Å². The molecule has 2 aromatic rings. The molecule has 1 N–H and O–H groups in total. The van der Waals surface area contributed by atoms with Crippen LogP contribution in [0.4, 0.5) is 0 Å². The number of benzene rings is 1. The van der Waals surface area contributed by atoms with E-state index in [4.69, 9.17) is 4.42 Å². The SMILES string of the molecule is CCCCNC(=O)c1ccc(C[S@@](=O)Cc2ccc(C)cc2)o1. The second-order valence-electron chi connectivity index (χ2n) is 5.59. The number of furan rings is 1. The Bertz CT molecular complexity index is 661. The van der Waals surface area contributed by atoms with Gasteiger partial charge < -0.3 is 9.73 Å². The van der Waals surface area contributed by atoms with Gasteiger partial charge in [-0.1, -0.05) is 43.2 Å². The predicted molar refractivity (Wildman–Crippen MR) is 92.7 cm³/mol. The summed E-state index contributed by atoms with van der Waals surface area (Å²) in [4.78, 5) is 11.9. The van der Waals surface area contributed by atoms with Crippen LogP contribution in [0.5, 0.6) is 0 Å². The van der Waals surface area contributed by atoms with Gasteiger partial charge in [0.05, 0.1) is 5.75 Å². The Morgan fingerprint density at radius 1 is 1.13 bits per heavy atom. The molecule has 0 saturated heterocycles. The van der Waals surface area contributed by atoms with Gasteiger partial charge in [-0.3, -0.25) is 9.00 Å². The second kappa shape index (κ2) is 8.67. The quantitative estimate of drug-likeness (QED) is 0.751. The number of hydrogen-bond acceptors (Lipinski definition) is 3. The lowest BCUT2D eigenvalue weighted by atomic mass is 10.2. The number of aryl methyl sites for hydroxylation is 1. The molecule has 0 fully saturated rings. The summed E-state index contributed by atoms with van der Waals surface area (Å²) in [6.45, 7) is 4.74. The van der Waals surface area contributed by atoms with Gasteiger partial charge in [0.15, 0.2) is 5.76 Å². The number of amides is 1. The summed E-state index contributed by atoms with van der Waals surface area (Å²) in [5.74, 6) is 1.45. The number of carbonyl (C=O) groups excluding carboxylic acids is 1. The highest BCUT2D eigenvalue weighted by Crippen LogP contribution is 2.13. The van der Waals surface area contributed by atoms with Gasteiger partial charge >= 0.3 is 0 Å². The molecule has 124 valence electrons. The largest absolute Gasteiger partial charge is 0.455 e. The molecule has 1 heterocycles. The Kier molecular flexibility index (Phi) is 6.59. The third kappa shape index (κ3) is 5.67. The maximum Gasteiger partial charge on any atom is 0.286 e. The van der Waals surface area contributed by atoms with Crippen LogP contribution >= 0.6 is 0 Å². The van der Waals surface area contributed by atoms with E-state index in [9.17, 15) is 9.00 Å². The van der Waals surface area contributed by atoms with Gasteiger partial charge in [-0.15, -0.1) is 0 Å². The summed E-state index contributed by atoms with van der Waals surface area (Å²) in [6.07, 6.45) is 1.97. The monoisotopic (exact) mass is 333 g/mol. The van der Waals surface area contributed by atoms with E-state index in [1.165, 1.54) is 5.56 Å². The molecular weight excluding hydrogens is 310 g/mol. The predicted octanol–water partition coefficient (Wildman–Crippen LogP) is 3.57. The Hall–Kier alpha value is -1.88. The Balaban J connectivity index is 1.87. The van der Waals surface area contributed by atoms with Crippen LogP contribution in [-0.4, -0.2) is 16.7 Å². The zero-order chi connectivity index (χ0) is 16.7. The fourth-order valence-electron chi connectivity index (χ4n) is 2.12. The van der Waals surface area contributed by atoms with Gasteiger partial charge in [-0.05, 0) is 31.0 Å². The summed E-state index contributed by atoms with van der Waals surface area (Å²) >= 11 is 0. The van der Waals surface area contributed by atoms with Crippen LogP contribution in [0.15, 0.2) is 40.8 Å². The molecule has 0 unspecified atom stereocenters. The molecule has 0 saturated carbocycles. The lowest BCUT2D eigenvalue weighted by Crippen LogP contribution is -2.23. The summed E-state index contributed by atoms with van der Waals surface area (Å²) in [5.41, 5.74) is 2.22. The van der Waals surface area contributed by atoms with E-state index in [2.05, 4.69) is 12.2 Å². The first-order valence-electron chi connectivity index (χ1n) is 7.86. The van der Waals surface area contributed by atoms with E-state index in [1.807, 2.05) is 31.2 Å². The van der Waals surface area contributed by atoms with Crippen molar-refractivity contribution in [1.29, 1.82) is 0 Å². The average Bonchev–Trinajstić information content (AvgIpc) is 2.98. The van der Waals surface area contributed by atoms with Crippen molar-refractivity contribution in [2.75, 3.05) is 6.54 Å². The fraction of sp³-hybridized carbons (Fsp3) is 0.389. The highest BCUT2D eigenvalue weighted by molar-refractivity contribution is 7.83. The topological polar surface area (TPSA) is 59.3 Å². The van der Waals surface area contributed by atoms with E-state index in [-0.39, 0.29) is 11.7 Å². The first-order chi connectivity index (χ1) is 11.1. The van der Waals surface area contributed by atoms with Gasteiger partial charge in [0.1, 0.15) is 5.76 Å². The van der Waals surface area contributed by atoms with Crippen LogP contribution in [-0.2, 0) is 22.3 Å². The van der Waals surface area contributed by atoms with Gasteiger partial charge in [-0.25, -0.2) is 0 Å². The minimum Gasteiger partial charge on any atom is -0.455 e. The molecule has 0 aliphatic rings. The Morgan fingerprint density at radius 2 is 1.87 bits per heavy atom. The fourth-order valence-corrected chi connectivity index (χ4v) is 3.26. The van der Waals surface area contributed by atoms with Crippen molar-refractivity contribution in [3.8, 4) is 0 Å². The van der Waals surface area contributed by atoms with Crippen molar-refractivity contribution < 1.29 is 13.4 Å². The van der Waals surface area contributed by atoms with Crippen LogP contribution in [0, 0.1) is 6.92 Å². The normalized spacial score (nSPS) is 12.1. The molecule has 2 rings (SSSR count). The highest BCUT2D eigenvalue weighted by atomic mass is 32.2. The molecule has 0 radical (unpaired) electrons. The molecule has 5 heteroatoms. The molecule has 1 aromatic heterocycles. The van der Waals surface area contributed by atoms with Crippen molar-refractivity contribution in [2.45, 2.75) is 38.2 Å². The molecule has 1 atom stereocenters. The van der Waals surface area contributed by atoms with Gasteiger partial charge in [0.25, 0.3) is 5.91 Å². The minimum absolute atomic E-state index is 0.214. The van der Waals surface area contributed by atoms with Crippen molar-refractivity contribution in [1.82, 2.24) is 5.32 Å². The van der Waals surface area contributed by atoms with Gasteiger partial charge in [0, 0.05) is 23.1 Å². The minimum atomic E-state index is -1.06. The zero-order valence-corrected chi connectivity index (χ0v) is 14.4. The van der Waals surface area contributed by atoms with Crippen LogP contribution in [0.2, 0.25) is 0 Å². The van der Waals surface area contributed by atoms with Crippen molar-refractivity contribution in [3.05, 3.63) is 59.0 Å². The van der Waals surface area contributed by atoms with Crippen molar-refractivity contribution >= 4 is 16.7 Å². The number of carbonyl (C=O) groups is 1. The molecule has 4 nitrogen and oxygen atoms in total. The third-order valence-electron chi connectivity index (χ3n) is 3.45. The lowest BCUT2D eigenvalue weighted by molar-refractivity contribution is 0.0924. The third-order valence-corrected chi connectivity index (χ3v) is 4.71. The number of unbranched alkanes of at least 4 members (excludes halogenated alkanes) is 1. The Labute approximate surface area is 139 Å². The van der Waals surface area contributed by atoms with Crippen LogP contribution in [0.1, 0.15) is 47.2 Å². The molecular formula is C18H23NO3S. The smallest absolute Gasteiger partial charge is 0.286 e. The maximum absolute atomic E-state index is 12.2. The molecule has 23 heavy (non-hydrogen) atoms. The molecule has 0 aliphatic heterocycles. The first-order valence-corrected chi connectivity index (χ1v) is 9.34. The van der Waals surface area contributed by atoms with E-state index < -0.39 is 10.8 Å². The average molecular weight is 333 g/mol. The second-order valence-corrected chi connectivity index (χ2v) is 7.05. The van der Waals surface area contributed by atoms with Crippen LogP contribution in [0.3, 0.4) is 0 Å². The van der Waals surface area contributed by atoms with Crippen LogP contribution in [0.25, 0.3) is 0 Å². The number of nitrogens with one attached hydrogen (secondary N) is 1. The zero-order valence-electron chi connectivity index (χ0n) is 13.6. The number of hydrogen-bond donors (Lipinski definition) is 1. The number of rotatable bonds is 8. The molecule has 1 amide bonds. The molecule has 0 aliphatic carbocycles. The van der Waals surface area contributed by atoms with Gasteiger partial charge in [0.2, 0.25) is 0 Å². The van der Waals surface area contributed by atoms with Crippen LogP contribution < -0.4 is 5.32 Å². The molecule has 0 bridgehead atoms. The lowest BCUT2D eigenvalue weighted by Gasteiger charge is -2.02. The summed E-state index contributed by atoms with van der Waals surface area (Å²) < 4.78 is 17.7. The van der Waals surface area contributed by atoms with E-state index in [1.54, 1.807) is 12.1 Å². The first kappa shape index (κ1) is 17.5. The standard InChI is InChI=1S/C18H23NO3S/c1-3-4-11-19-18(20)17-10-9-16(22-17)13-23(21)12-15-7-5-14(2)6-8-15/h5-10H,3-4,11-13H2,1-2H3,(H,19,20)/t23-/m0/s1. The van der Waals surface area contributed by atoms with Crippen molar-refractivity contribution in [2.24, 2.45) is 0 Å². The van der Waals surface area contributed by atoms with Gasteiger partial charge in [-0.2, -0.15) is 0 Å². The molecule has 0 spiro atoms. The van der Waals surface area contributed by atoms with E-state index in [0.717, 1.165) is 18.4 Å². The maximum atomic E-state index is 12.2. The summed E-state index contributed by atoms with van der Waals surface area (Å²) in [5, 5.41) is 2.80. The van der Waals surface area contributed by atoms with E-state index >= 15 is 0 Å². The molecule has 1 aromatic carbocycles. The highest BCUT2D eigenvalue weighted by Gasteiger charge is 2.12.